The number of benzene rings is 1. The highest BCUT2D eigenvalue weighted by Gasteiger charge is 2.21. The van der Waals surface area contributed by atoms with Gasteiger partial charge in [-0.05, 0) is 36.1 Å². The number of hydrogen-bond donors (Lipinski definition) is 2. The zero-order valence-electron chi connectivity index (χ0n) is 9.25. The van der Waals surface area contributed by atoms with Crippen molar-refractivity contribution in [2.24, 2.45) is 0 Å². The first-order valence-corrected chi connectivity index (χ1v) is 5.35. The van der Waals surface area contributed by atoms with E-state index in [1.54, 1.807) is 7.11 Å². The lowest BCUT2D eigenvalue weighted by molar-refractivity contribution is -0.115. The van der Waals surface area contributed by atoms with Crippen LogP contribution >= 0.6 is 0 Å². The Morgan fingerprint density at radius 3 is 3.00 bits per heavy atom. The normalized spacial score (nSPS) is 13.5. The monoisotopic (exact) mass is 221 g/mol. The summed E-state index contributed by atoms with van der Waals surface area (Å²) in [6.07, 6.45) is 1.85. The molecular formula is C12H15NO3. The van der Waals surface area contributed by atoms with Gasteiger partial charge in [-0.25, -0.2) is 0 Å². The summed E-state index contributed by atoms with van der Waals surface area (Å²) in [7, 11) is 1.61. The lowest BCUT2D eigenvalue weighted by Gasteiger charge is -2.10. The summed E-state index contributed by atoms with van der Waals surface area (Å²) in [4.78, 5) is 11.3. The number of nitrogens with one attached hydrogen (secondary N) is 1. The molecule has 4 nitrogen and oxygen atoms in total. The molecule has 1 aliphatic heterocycles. The molecule has 0 unspecified atom stereocenters. The number of aliphatic hydroxyl groups excluding tert-OH is 1. The van der Waals surface area contributed by atoms with Gasteiger partial charge in [0.05, 0.1) is 13.5 Å². The second-order valence-corrected chi connectivity index (χ2v) is 3.87. The maximum absolute atomic E-state index is 11.3. The van der Waals surface area contributed by atoms with Gasteiger partial charge in [0.2, 0.25) is 5.91 Å². The molecule has 1 heterocycles. The van der Waals surface area contributed by atoms with E-state index in [9.17, 15) is 4.79 Å². The molecule has 0 aromatic heterocycles. The summed E-state index contributed by atoms with van der Waals surface area (Å²) in [6.45, 7) is 0.153. The Morgan fingerprint density at radius 2 is 2.31 bits per heavy atom. The molecule has 0 atom stereocenters. The number of carbonyl (C=O) groups is 1. The predicted octanol–water partition coefficient (Wildman–Crippen LogP) is 1.11. The van der Waals surface area contributed by atoms with Crippen LogP contribution in [0, 0.1) is 0 Å². The molecule has 1 aromatic carbocycles. The average Bonchev–Trinajstić information content (AvgIpc) is 2.65. The minimum atomic E-state index is 0.0218. The molecule has 2 rings (SSSR count). The van der Waals surface area contributed by atoms with Crippen LogP contribution in [0.3, 0.4) is 0 Å². The molecule has 16 heavy (non-hydrogen) atoms. The zero-order valence-corrected chi connectivity index (χ0v) is 9.25. The van der Waals surface area contributed by atoms with Crippen LogP contribution in [-0.2, 0) is 17.6 Å². The van der Waals surface area contributed by atoms with E-state index in [0.717, 1.165) is 29.0 Å². The standard InChI is InChI=1S/C12H15NO3/c1-16-10-5-8(3-2-4-14)12-9(6-10)7-11(15)13-12/h5-6,14H,2-4,7H2,1H3,(H,13,15). The highest BCUT2D eigenvalue weighted by molar-refractivity contribution is 6.00. The van der Waals surface area contributed by atoms with E-state index in [4.69, 9.17) is 9.84 Å². The van der Waals surface area contributed by atoms with Crippen molar-refractivity contribution in [3.05, 3.63) is 23.3 Å². The number of aliphatic hydroxyl groups is 1. The minimum Gasteiger partial charge on any atom is -0.497 e. The smallest absolute Gasteiger partial charge is 0.228 e. The quantitative estimate of drug-likeness (QED) is 0.800. The second-order valence-electron chi connectivity index (χ2n) is 3.87. The van der Waals surface area contributed by atoms with Gasteiger partial charge in [0.15, 0.2) is 0 Å². The van der Waals surface area contributed by atoms with Gasteiger partial charge in [-0.2, -0.15) is 0 Å². The molecule has 0 saturated heterocycles. The van der Waals surface area contributed by atoms with Gasteiger partial charge in [0.1, 0.15) is 5.75 Å². The van der Waals surface area contributed by atoms with Crippen LogP contribution < -0.4 is 10.1 Å². The van der Waals surface area contributed by atoms with Gasteiger partial charge in [-0.1, -0.05) is 0 Å². The molecular weight excluding hydrogens is 206 g/mol. The minimum absolute atomic E-state index is 0.0218. The Morgan fingerprint density at radius 1 is 1.50 bits per heavy atom. The first-order chi connectivity index (χ1) is 7.74. The Kier molecular flexibility index (Phi) is 3.10. The van der Waals surface area contributed by atoms with Crippen molar-refractivity contribution in [3.63, 3.8) is 0 Å². The van der Waals surface area contributed by atoms with Crippen LogP contribution in [0.5, 0.6) is 5.75 Å². The first-order valence-electron chi connectivity index (χ1n) is 5.35. The third kappa shape index (κ3) is 2.02. The highest BCUT2D eigenvalue weighted by Crippen LogP contribution is 2.32. The van der Waals surface area contributed by atoms with Gasteiger partial charge in [-0.3, -0.25) is 4.79 Å². The molecule has 1 aliphatic rings. The van der Waals surface area contributed by atoms with Gasteiger partial charge in [-0.15, -0.1) is 0 Å². The van der Waals surface area contributed by atoms with Crippen molar-refractivity contribution in [2.45, 2.75) is 19.3 Å². The Bertz CT molecular complexity index is 415. The summed E-state index contributed by atoms with van der Waals surface area (Å²) < 4.78 is 5.19. The Balaban J connectivity index is 2.35. The number of rotatable bonds is 4. The van der Waals surface area contributed by atoms with Crippen LogP contribution in [0.15, 0.2) is 12.1 Å². The molecule has 0 fully saturated rings. The third-order valence-corrected chi connectivity index (χ3v) is 2.73. The molecule has 0 spiro atoms. The van der Waals surface area contributed by atoms with Crippen LogP contribution in [0.1, 0.15) is 17.5 Å². The van der Waals surface area contributed by atoms with Crippen molar-refractivity contribution in [1.82, 2.24) is 0 Å². The topological polar surface area (TPSA) is 58.6 Å². The number of ether oxygens (including phenoxy) is 1. The van der Waals surface area contributed by atoms with E-state index in [2.05, 4.69) is 5.32 Å². The fourth-order valence-electron chi connectivity index (χ4n) is 1.98. The van der Waals surface area contributed by atoms with Crippen LogP contribution in [0.4, 0.5) is 5.69 Å². The number of methoxy groups -OCH3 is 1. The number of amides is 1. The van der Waals surface area contributed by atoms with E-state index in [1.165, 1.54) is 0 Å². The molecule has 0 bridgehead atoms. The fraction of sp³-hybridized carbons (Fsp3) is 0.417. The Hall–Kier alpha value is -1.55. The number of fused-ring (bicyclic) bond motifs is 1. The molecule has 1 aromatic rings. The third-order valence-electron chi connectivity index (χ3n) is 2.73. The van der Waals surface area contributed by atoms with E-state index >= 15 is 0 Å². The van der Waals surface area contributed by atoms with E-state index in [0.29, 0.717) is 12.8 Å². The van der Waals surface area contributed by atoms with Crippen molar-refractivity contribution in [3.8, 4) is 5.75 Å². The highest BCUT2D eigenvalue weighted by atomic mass is 16.5. The molecule has 0 aliphatic carbocycles. The number of anilines is 1. The van der Waals surface area contributed by atoms with Gasteiger partial charge < -0.3 is 15.2 Å². The van der Waals surface area contributed by atoms with Gasteiger partial charge in [0, 0.05) is 12.3 Å². The molecule has 1 amide bonds. The molecule has 4 heteroatoms. The fourth-order valence-corrected chi connectivity index (χ4v) is 1.98. The van der Waals surface area contributed by atoms with Crippen LogP contribution in [0.25, 0.3) is 0 Å². The van der Waals surface area contributed by atoms with Gasteiger partial charge >= 0.3 is 0 Å². The predicted molar refractivity (Wildman–Crippen MR) is 60.7 cm³/mol. The molecule has 0 radical (unpaired) electrons. The number of hydrogen-bond acceptors (Lipinski definition) is 3. The molecule has 2 N–H and O–H groups in total. The van der Waals surface area contributed by atoms with Crippen LogP contribution in [0.2, 0.25) is 0 Å². The maximum atomic E-state index is 11.3. The van der Waals surface area contributed by atoms with E-state index in [1.807, 2.05) is 12.1 Å². The maximum Gasteiger partial charge on any atom is 0.228 e. The lowest BCUT2D eigenvalue weighted by Crippen LogP contribution is -2.05. The van der Waals surface area contributed by atoms with Gasteiger partial charge in [0.25, 0.3) is 0 Å². The number of carbonyl (C=O) groups excluding carboxylic acids is 1. The lowest BCUT2D eigenvalue weighted by atomic mass is 10.0. The van der Waals surface area contributed by atoms with Crippen molar-refractivity contribution in [2.75, 3.05) is 19.0 Å². The SMILES string of the molecule is COc1cc(CCCO)c2c(c1)CC(=O)N2. The van der Waals surface area contributed by atoms with Crippen molar-refractivity contribution >= 4 is 11.6 Å². The Labute approximate surface area is 94.2 Å². The molecule has 0 saturated carbocycles. The number of aryl methyl sites for hydroxylation is 1. The summed E-state index contributed by atoms with van der Waals surface area (Å²) >= 11 is 0. The van der Waals surface area contributed by atoms with E-state index < -0.39 is 0 Å². The van der Waals surface area contributed by atoms with Crippen LogP contribution in [-0.4, -0.2) is 24.7 Å². The van der Waals surface area contributed by atoms with E-state index in [-0.39, 0.29) is 12.5 Å². The van der Waals surface area contributed by atoms with Crippen molar-refractivity contribution in [1.29, 1.82) is 0 Å². The zero-order chi connectivity index (χ0) is 11.5. The summed E-state index contributed by atoms with van der Waals surface area (Å²) in [6, 6.07) is 3.80. The molecule has 86 valence electrons. The first kappa shape index (κ1) is 11.0. The largest absolute Gasteiger partial charge is 0.497 e. The second kappa shape index (κ2) is 4.53. The average molecular weight is 221 g/mol. The summed E-state index contributed by atoms with van der Waals surface area (Å²) in [5, 5.41) is 11.7. The summed E-state index contributed by atoms with van der Waals surface area (Å²) in [5.74, 6) is 0.789. The van der Waals surface area contributed by atoms with Crippen molar-refractivity contribution < 1.29 is 14.6 Å². The summed E-state index contributed by atoms with van der Waals surface area (Å²) in [5.41, 5.74) is 2.92.